The van der Waals surface area contributed by atoms with Crippen LogP contribution in [0.3, 0.4) is 0 Å². The van der Waals surface area contributed by atoms with Crippen molar-refractivity contribution in [2.75, 3.05) is 0 Å². The van der Waals surface area contributed by atoms with E-state index >= 15 is 0 Å². The molecule has 0 bridgehead atoms. The van der Waals surface area contributed by atoms with Gasteiger partial charge in [-0.1, -0.05) is 109 Å². The Labute approximate surface area is 298 Å². The van der Waals surface area contributed by atoms with Gasteiger partial charge >= 0.3 is 0 Å². The molecule has 10 rings (SSSR count). The largest absolute Gasteiger partial charge is 0.309 e. The zero-order valence-electron chi connectivity index (χ0n) is 27.9. The van der Waals surface area contributed by atoms with E-state index < -0.39 is 10.0 Å². The van der Waals surface area contributed by atoms with Crippen LogP contribution in [0.5, 0.6) is 0 Å². The van der Waals surface area contributed by atoms with Crippen molar-refractivity contribution in [3.63, 3.8) is 0 Å². The van der Waals surface area contributed by atoms with Gasteiger partial charge in [0, 0.05) is 52.5 Å². The van der Waals surface area contributed by atoms with Crippen LogP contribution in [0.15, 0.2) is 226 Å². The lowest BCUT2D eigenvalue weighted by Gasteiger charge is -2.42. The summed E-state index contributed by atoms with van der Waals surface area (Å²) in [4.78, 5) is 5.27. The van der Waals surface area contributed by atoms with Gasteiger partial charge in [-0.3, -0.25) is 0 Å². The normalized spacial score (nSPS) is 12.2. The fraction of sp³-hybridized carbons (Fsp3) is 0. The van der Waals surface area contributed by atoms with Crippen LogP contribution in [0.25, 0.3) is 55.0 Å². The Kier molecular flexibility index (Phi) is 6.93. The number of hydrogen-bond acceptors (Lipinski definition) is 0. The molecule has 2 nitrogen and oxygen atoms in total. The monoisotopic (exact) mass is 670 g/mol. The maximum atomic E-state index is 2.50. The summed E-state index contributed by atoms with van der Waals surface area (Å²) in [6.45, 7) is 0. The van der Waals surface area contributed by atoms with Crippen molar-refractivity contribution in [3.05, 3.63) is 206 Å². The maximum absolute atomic E-state index is 2.50. The topological polar surface area (TPSA) is 9.86 Å². The predicted octanol–water partition coefficient (Wildman–Crippen LogP) is 13.2. The summed E-state index contributed by atoms with van der Waals surface area (Å²) >= 11 is 0. The van der Waals surface area contributed by atoms with Gasteiger partial charge in [0.2, 0.25) is 0 Å². The summed E-state index contributed by atoms with van der Waals surface area (Å²) in [5.41, 5.74) is 7.13. The minimum atomic E-state index is -1.85. The van der Waals surface area contributed by atoms with Crippen LogP contribution < -0.4 is 0 Å². The van der Waals surface area contributed by atoms with Gasteiger partial charge in [-0.15, -0.1) is 10.0 Å². The Bertz CT molecular complexity index is 2690. The number of benzene rings is 8. The van der Waals surface area contributed by atoms with Gasteiger partial charge in [0.1, 0.15) is 0 Å². The molecule has 2 aromatic heterocycles. The number of para-hydroxylation sites is 3. The van der Waals surface area contributed by atoms with Gasteiger partial charge in [-0.25, -0.2) is 0 Å². The van der Waals surface area contributed by atoms with E-state index in [-0.39, 0.29) is 0 Å². The average molecular weight is 671 g/mol. The van der Waals surface area contributed by atoms with E-state index in [2.05, 4.69) is 215 Å². The second-order valence-corrected chi connectivity index (χ2v) is 16.1. The molecule has 0 unspecified atom stereocenters. The van der Waals surface area contributed by atoms with E-state index in [4.69, 9.17) is 0 Å². The quantitative estimate of drug-likeness (QED) is 0.167. The second kappa shape index (κ2) is 11.9. The van der Waals surface area contributed by atoms with Crippen molar-refractivity contribution < 1.29 is 0 Å². The lowest BCUT2D eigenvalue weighted by molar-refractivity contribution is 1.16. The van der Waals surface area contributed by atoms with Crippen molar-refractivity contribution in [2.45, 2.75) is 19.6 Å². The van der Waals surface area contributed by atoms with Crippen molar-refractivity contribution in [2.24, 2.45) is 0 Å². The Balaban J connectivity index is 1.32. The molecule has 0 aliphatic carbocycles. The first kappa shape index (κ1) is 29.6. The highest BCUT2D eigenvalue weighted by Gasteiger charge is 2.33. The Hall–Kier alpha value is -6.29. The van der Waals surface area contributed by atoms with Gasteiger partial charge in [0.15, 0.2) is 0 Å². The molecule has 0 fully saturated rings. The molecule has 10 aromatic rings. The molecule has 3 heteroatoms. The highest BCUT2D eigenvalue weighted by Crippen LogP contribution is 2.73. The fourth-order valence-corrected chi connectivity index (χ4v) is 12.0. The molecule has 0 radical (unpaired) electrons. The minimum Gasteiger partial charge on any atom is -0.309 e. The van der Waals surface area contributed by atoms with Crippen molar-refractivity contribution in [1.82, 2.24) is 9.13 Å². The molecule has 8 aromatic carbocycles. The molecule has 0 atom stereocenters. The van der Waals surface area contributed by atoms with Crippen LogP contribution in [0.2, 0.25) is 0 Å². The Morgan fingerprint density at radius 2 is 0.647 bits per heavy atom. The van der Waals surface area contributed by atoms with Crippen LogP contribution in [-0.2, 0) is 0 Å². The van der Waals surface area contributed by atoms with Crippen LogP contribution in [-0.4, -0.2) is 9.13 Å². The fourth-order valence-electron chi connectivity index (χ4n) is 8.07. The first-order valence-corrected chi connectivity index (χ1v) is 19.1. The third kappa shape index (κ3) is 4.52. The van der Waals surface area contributed by atoms with Crippen molar-refractivity contribution >= 4 is 53.6 Å². The highest BCUT2D eigenvalue weighted by molar-refractivity contribution is 8.34. The van der Waals surface area contributed by atoms with Gasteiger partial charge in [0.25, 0.3) is 0 Å². The van der Waals surface area contributed by atoms with Crippen LogP contribution in [0, 0.1) is 0 Å². The molecule has 0 amide bonds. The van der Waals surface area contributed by atoms with E-state index in [1.54, 1.807) is 0 Å². The number of rotatable bonds is 6. The molecule has 0 N–H and O–H groups in total. The van der Waals surface area contributed by atoms with Gasteiger partial charge in [0.05, 0.1) is 22.1 Å². The number of aromatic nitrogens is 2. The minimum absolute atomic E-state index is 1.16. The van der Waals surface area contributed by atoms with E-state index in [0.29, 0.717) is 0 Å². The van der Waals surface area contributed by atoms with E-state index in [0.717, 1.165) is 11.4 Å². The summed E-state index contributed by atoms with van der Waals surface area (Å²) in [6, 6.07) is 75.8. The van der Waals surface area contributed by atoms with Crippen LogP contribution in [0.1, 0.15) is 0 Å². The van der Waals surface area contributed by atoms with Gasteiger partial charge in [-0.05, 0) is 97.1 Å². The SMILES string of the molecule is c1ccc(-n2c3ccc(-n4c5ccccc5c5ccccc54)cc3c3cc(S(c4ccccc4)(c4ccccc4)c4ccccc4)ccc32)cc1. The summed E-state index contributed by atoms with van der Waals surface area (Å²) in [6.07, 6.45) is 0. The lowest BCUT2D eigenvalue weighted by atomic mass is 10.1. The Morgan fingerprint density at radius 3 is 1.18 bits per heavy atom. The zero-order valence-corrected chi connectivity index (χ0v) is 28.7. The zero-order chi connectivity index (χ0) is 33.8. The molecule has 0 aliphatic rings. The van der Waals surface area contributed by atoms with Crippen molar-refractivity contribution in [1.29, 1.82) is 0 Å². The standard InChI is InChI=1S/C48H34N2S/c1-5-17-35(18-6-1)49-47-31-29-36(50-45-27-15-13-25-41(45)42-26-14-16-28-46(42)50)33-43(47)44-34-40(30-32-48(44)49)51(37-19-7-2-8-20-37,38-21-9-3-10-22-38)39-23-11-4-12-24-39/h1-34H. The summed E-state index contributed by atoms with van der Waals surface area (Å²) in [7, 11) is -1.85. The lowest BCUT2D eigenvalue weighted by Crippen LogP contribution is -2.05. The molecule has 0 saturated heterocycles. The molecule has 51 heavy (non-hydrogen) atoms. The van der Waals surface area contributed by atoms with Gasteiger partial charge in [-0.2, -0.15) is 0 Å². The maximum Gasteiger partial charge on any atom is 0.0542 e. The smallest absolute Gasteiger partial charge is 0.0542 e. The predicted molar refractivity (Wildman–Crippen MR) is 215 cm³/mol. The van der Waals surface area contributed by atoms with Crippen LogP contribution >= 0.6 is 10.0 Å². The van der Waals surface area contributed by atoms with E-state index in [9.17, 15) is 0 Å². The average Bonchev–Trinajstić information content (AvgIpc) is 3.72. The van der Waals surface area contributed by atoms with E-state index in [1.165, 1.54) is 63.2 Å². The first-order valence-electron chi connectivity index (χ1n) is 17.4. The molecule has 2 heterocycles. The molecular formula is C48H34N2S. The first-order chi connectivity index (χ1) is 25.3. The summed E-state index contributed by atoms with van der Waals surface area (Å²) in [5.74, 6) is 0. The van der Waals surface area contributed by atoms with Crippen molar-refractivity contribution in [3.8, 4) is 11.4 Å². The van der Waals surface area contributed by atoms with Gasteiger partial charge < -0.3 is 9.13 Å². The van der Waals surface area contributed by atoms with E-state index in [1.807, 2.05) is 0 Å². The molecule has 0 spiro atoms. The molecule has 0 saturated carbocycles. The molecule has 242 valence electrons. The molecule has 0 aliphatic heterocycles. The number of fused-ring (bicyclic) bond motifs is 6. The molecular weight excluding hydrogens is 637 g/mol. The third-order valence-electron chi connectivity index (χ3n) is 10.2. The summed E-state index contributed by atoms with van der Waals surface area (Å²) < 4.78 is 4.85. The third-order valence-corrected chi connectivity index (χ3v) is 14.1. The van der Waals surface area contributed by atoms with Crippen LogP contribution in [0.4, 0.5) is 0 Å². The number of hydrogen-bond donors (Lipinski definition) is 0. The Morgan fingerprint density at radius 1 is 0.255 bits per heavy atom. The summed E-state index contributed by atoms with van der Waals surface area (Å²) in [5, 5.41) is 5.01. The second-order valence-electron chi connectivity index (χ2n) is 13.0. The highest BCUT2D eigenvalue weighted by atomic mass is 32.3. The number of nitrogens with zero attached hydrogens (tertiary/aromatic N) is 2.